The van der Waals surface area contributed by atoms with Crippen molar-refractivity contribution < 1.29 is 12.8 Å². The Labute approximate surface area is 107 Å². The number of benzene rings is 1. The van der Waals surface area contributed by atoms with Crippen molar-refractivity contribution in [3.05, 3.63) is 35.1 Å². The summed E-state index contributed by atoms with van der Waals surface area (Å²) in [5.41, 5.74) is 7.51. The second-order valence-electron chi connectivity index (χ2n) is 5.12. The Kier molecular flexibility index (Phi) is 3.73. The summed E-state index contributed by atoms with van der Waals surface area (Å²) in [5.74, 6) is 0.401. The van der Waals surface area contributed by atoms with Crippen LogP contribution in [-0.2, 0) is 9.84 Å². The van der Waals surface area contributed by atoms with Crippen LogP contribution in [0, 0.1) is 18.7 Å². The molecule has 1 fully saturated rings. The van der Waals surface area contributed by atoms with Gasteiger partial charge in [0.2, 0.25) is 0 Å². The van der Waals surface area contributed by atoms with Crippen LogP contribution in [0.4, 0.5) is 4.39 Å². The summed E-state index contributed by atoms with van der Waals surface area (Å²) in [7, 11) is -2.85. The van der Waals surface area contributed by atoms with Gasteiger partial charge in [-0.3, -0.25) is 0 Å². The molecule has 1 aromatic rings. The van der Waals surface area contributed by atoms with E-state index in [9.17, 15) is 12.8 Å². The first-order valence-electron chi connectivity index (χ1n) is 6.09. The Balaban J connectivity index is 2.04. The zero-order chi connectivity index (χ0) is 13.3. The van der Waals surface area contributed by atoms with Crippen LogP contribution in [0.2, 0.25) is 0 Å². The van der Waals surface area contributed by atoms with Gasteiger partial charge in [0.1, 0.15) is 5.82 Å². The van der Waals surface area contributed by atoms with Gasteiger partial charge < -0.3 is 5.73 Å². The first kappa shape index (κ1) is 13.5. The molecule has 2 unspecified atom stereocenters. The zero-order valence-electron chi connectivity index (χ0n) is 10.4. The van der Waals surface area contributed by atoms with Crippen molar-refractivity contribution in [3.8, 4) is 0 Å². The minimum absolute atomic E-state index is 0.135. The van der Waals surface area contributed by atoms with Gasteiger partial charge in [0.15, 0.2) is 9.84 Å². The van der Waals surface area contributed by atoms with E-state index in [1.807, 2.05) is 0 Å². The number of rotatable bonds is 3. The lowest BCUT2D eigenvalue weighted by molar-refractivity contribution is 0.480. The smallest absolute Gasteiger partial charge is 0.150 e. The van der Waals surface area contributed by atoms with E-state index in [1.165, 1.54) is 6.07 Å². The normalized spacial score (nSPS) is 24.1. The average molecular weight is 271 g/mol. The summed E-state index contributed by atoms with van der Waals surface area (Å²) >= 11 is 0. The van der Waals surface area contributed by atoms with E-state index in [4.69, 9.17) is 5.73 Å². The van der Waals surface area contributed by atoms with Gasteiger partial charge in [0.05, 0.1) is 11.5 Å². The lowest BCUT2D eigenvalue weighted by Crippen LogP contribution is -2.16. The van der Waals surface area contributed by atoms with Crippen LogP contribution in [0.3, 0.4) is 0 Å². The third-order valence-electron chi connectivity index (χ3n) is 3.52. The molecule has 0 saturated carbocycles. The SMILES string of the molecule is Cc1cc(C(N)CC2CCS(=O)(=O)C2)ccc1F. The molecule has 0 amide bonds. The minimum Gasteiger partial charge on any atom is -0.324 e. The van der Waals surface area contributed by atoms with Crippen LogP contribution in [0.15, 0.2) is 18.2 Å². The molecular formula is C13H18FNO2S. The third kappa shape index (κ3) is 3.09. The maximum atomic E-state index is 13.1. The summed E-state index contributed by atoms with van der Waals surface area (Å²) in [6, 6.07) is 4.61. The van der Waals surface area contributed by atoms with E-state index >= 15 is 0 Å². The Morgan fingerprint density at radius 3 is 2.78 bits per heavy atom. The largest absolute Gasteiger partial charge is 0.324 e. The van der Waals surface area contributed by atoms with E-state index in [1.54, 1.807) is 19.1 Å². The van der Waals surface area contributed by atoms with E-state index in [-0.39, 0.29) is 29.3 Å². The van der Waals surface area contributed by atoms with E-state index in [0.29, 0.717) is 18.4 Å². The maximum Gasteiger partial charge on any atom is 0.150 e. The van der Waals surface area contributed by atoms with Gasteiger partial charge >= 0.3 is 0 Å². The molecule has 2 atom stereocenters. The van der Waals surface area contributed by atoms with Crippen LogP contribution in [-0.4, -0.2) is 19.9 Å². The first-order chi connectivity index (χ1) is 8.37. The fraction of sp³-hybridized carbons (Fsp3) is 0.538. The molecule has 0 radical (unpaired) electrons. The molecular weight excluding hydrogens is 253 g/mol. The predicted molar refractivity (Wildman–Crippen MR) is 69.4 cm³/mol. The number of nitrogens with two attached hydrogens (primary N) is 1. The van der Waals surface area contributed by atoms with E-state index in [0.717, 1.165) is 5.56 Å². The minimum atomic E-state index is -2.85. The summed E-state index contributed by atoms with van der Waals surface area (Å²) < 4.78 is 35.9. The standard InChI is InChI=1S/C13H18FNO2S/c1-9-6-11(2-3-12(9)14)13(15)7-10-4-5-18(16,17)8-10/h2-3,6,10,13H,4-5,7-8,15H2,1H3. The molecule has 2 N–H and O–H groups in total. The second kappa shape index (κ2) is 4.97. The topological polar surface area (TPSA) is 60.2 Å². The fourth-order valence-corrected chi connectivity index (χ4v) is 4.33. The van der Waals surface area contributed by atoms with Crippen molar-refractivity contribution in [2.75, 3.05) is 11.5 Å². The molecule has 2 rings (SSSR count). The van der Waals surface area contributed by atoms with Crippen molar-refractivity contribution in [3.63, 3.8) is 0 Å². The van der Waals surface area contributed by atoms with Gasteiger partial charge in [0.25, 0.3) is 0 Å². The Morgan fingerprint density at radius 2 is 2.22 bits per heavy atom. The molecule has 1 aliphatic heterocycles. The molecule has 5 heteroatoms. The molecule has 0 aromatic heterocycles. The number of halogens is 1. The molecule has 3 nitrogen and oxygen atoms in total. The van der Waals surface area contributed by atoms with Gasteiger partial charge in [-0.25, -0.2) is 12.8 Å². The summed E-state index contributed by atoms with van der Waals surface area (Å²) in [5, 5.41) is 0. The molecule has 1 saturated heterocycles. The predicted octanol–water partition coefficient (Wildman–Crippen LogP) is 1.96. The van der Waals surface area contributed by atoms with Crippen molar-refractivity contribution >= 4 is 9.84 Å². The number of aryl methyl sites for hydroxylation is 1. The molecule has 1 aliphatic rings. The highest BCUT2D eigenvalue weighted by molar-refractivity contribution is 7.91. The molecule has 0 aliphatic carbocycles. The van der Waals surface area contributed by atoms with Crippen LogP contribution in [0.1, 0.15) is 30.0 Å². The average Bonchev–Trinajstić information content (AvgIpc) is 2.62. The fourth-order valence-electron chi connectivity index (χ4n) is 2.45. The van der Waals surface area contributed by atoms with Crippen molar-refractivity contribution in [2.24, 2.45) is 11.7 Å². The number of sulfone groups is 1. The highest BCUT2D eigenvalue weighted by Crippen LogP contribution is 2.28. The Morgan fingerprint density at radius 1 is 1.50 bits per heavy atom. The number of hydrogen-bond acceptors (Lipinski definition) is 3. The van der Waals surface area contributed by atoms with Gasteiger partial charge in [-0.05, 0) is 42.9 Å². The third-order valence-corrected chi connectivity index (χ3v) is 5.36. The van der Waals surface area contributed by atoms with Crippen LogP contribution < -0.4 is 5.73 Å². The molecule has 100 valence electrons. The van der Waals surface area contributed by atoms with Gasteiger partial charge in [-0.2, -0.15) is 0 Å². The van der Waals surface area contributed by atoms with Crippen LogP contribution in [0.25, 0.3) is 0 Å². The highest BCUT2D eigenvalue weighted by Gasteiger charge is 2.29. The monoisotopic (exact) mass is 271 g/mol. The van der Waals surface area contributed by atoms with Gasteiger partial charge in [-0.1, -0.05) is 12.1 Å². The first-order valence-corrected chi connectivity index (χ1v) is 7.91. The molecule has 0 spiro atoms. The van der Waals surface area contributed by atoms with Gasteiger partial charge in [0, 0.05) is 6.04 Å². The Hall–Kier alpha value is -0.940. The van der Waals surface area contributed by atoms with Gasteiger partial charge in [-0.15, -0.1) is 0 Å². The molecule has 18 heavy (non-hydrogen) atoms. The Bertz CT molecular complexity index is 542. The van der Waals surface area contributed by atoms with E-state index in [2.05, 4.69) is 0 Å². The summed E-state index contributed by atoms with van der Waals surface area (Å²) in [4.78, 5) is 0. The van der Waals surface area contributed by atoms with Crippen LogP contribution in [0.5, 0.6) is 0 Å². The molecule has 1 heterocycles. The van der Waals surface area contributed by atoms with Crippen molar-refractivity contribution in [1.82, 2.24) is 0 Å². The van der Waals surface area contributed by atoms with E-state index < -0.39 is 9.84 Å². The lowest BCUT2D eigenvalue weighted by atomic mass is 9.94. The second-order valence-corrected chi connectivity index (χ2v) is 7.35. The summed E-state index contributed by atoms with van der Waals surface area (Å²) in [6.45, 7) is 1.70. The zero-order valence-corrected chi connectivity index (χ0v) is 11.2. The highest BCUT2D eigenvalue weighted by atomic mass is 32.2. The number of hydrogen-bond donors (Lipinski definition) is 1. The molecule has 0 bridgehead atoms. The van der Waals surface area contributed by atoms with Crippen molar-refractivity contribution in [1.29, 1.82) is 0 Å². The summed E-state index contributed by atoms with van der Waals surface area (Å²) in [6.07, 6.45) is 1.33. The quantitative estimate of drug-likeness (QED) is 0.914. The molecule has 1 aromatic carbocycles. The van der Waals surface area contributed by atoms with Crippen LogP contribution >= 0.6 is 0 Å². The lowest BCUT2D eigenvalue weighted by Gasteiger charge is -2.16. The maximum absolute atomic E-state index is 13.1. The van der Waals surface area contributed by atoms with Crippen molar-refractivity contribution in [2.45, 2.75) is 25.8 Å².